The number of carbonyl (C=O) groups excluding carboxylic acids is 1. The molecular weight excluding hydrogens is 242 g/mol. The van der Waals surface area contributed by atoms with Gasteiger partial charge < -0.3 is 10.0 Å². The van der Waals surface area contributed by atoms with Crippen LogP contribution in [0.25, 0.3) is 6.08 Å². The molecule has 0 heterocycles. The predicted octanol–water partition coefficient (Wildman–Crippen LogP) is 2.54. The summed E-state index contributed by atoms with van der Waals surface area (Å²) >= 11 is 0. The monoisotopic (exact) mass is 261 g/mol. The Kier molecular flexibility index (Phi) is 5.79. The van der Waals surface area contributed by atoms with E-state index in [0.717, 1.165) is 23.6 Å². The third-order valence-corrected chi connectivity index (χ3v) is 2.71. The van der Waals surface area contributed by atoms with Crippen molar-refractivity contribution >= 4 is 18.0 Å². The summed E-state index contributed by atoms with van der Waals surface area (Å²) in [7, 11) is 1.79. The molecular formula is C15H19NO3. The van der Waals surface area contributed by atoms with Gasteiger partial charge >= 0.3 is 5.97 Å². The van der Waals surface area contributed by atoms with Crippen LogP contribution in [0, 0.1) is 0 Å². The van der Waals surface area contributed by atoms with Crippen LogP contribution in [-0.4, -0.2) is 28.9 Å². The Balaban J connectivity index is 2.61. The number of hydrogen-bond donors (Lipinski definition) is 1. The third kappa shape index (κ3) is 5.38. The van der Waals surface area contributed by atoms with E-state index in [1.165, 1.54) is 6.08 Å². The number of aliphatic carboxylic acids is 1. The van der Waals surface area contributed by atoms with Crippen LogP contribution in [0.5, 0.6) is 0 Å². The van der Waals surface area contributed by atoms with Crippen molar-refractivity contribution in [3.8, 4) is 0 Å². The summed E-state index contributed by atoms with van der Waals surface area (Å²) in [6.07, 6.45) is 4.06. The maximum atomic E-state index is 11.6. The zero-order valence-electron chi connectivity index (χ0n) is 11.3. The second-order valence-corrected chi connectivity index (χ2v) is 4.41. The second kappa shape index (κ2) is 7.36. The molecule has 1 aromatic rings. The van der Waals surface area contributed by atoms with E-state index in [4.69, 9.17) is 5.11 Å². The Labute approximate surface area is 113 Å². The average molecular weight is 261 g/mol. The van der Waals surface area contributed by atoms with Crippen LogP contribution in [0.1, 0.15) is 30.9 Å². The van der Waals surface area contributed by atoms with Crippen LogP contribution in [0.15, 0.2) is 30.3 Å². The fraction of sp³-hybridized carbons (Fsp3) is 0.333. The van der Waals surface area contributed by atoms with Gasteiger partial charge in [0.05, 0.1) is 0 Å². The highest BCUT2D eigenvalue weighted by Gasteiger charge is 2.07. The van der Waals surface area contributed by atoms with Crippen LogP contribution >= 0.6 is 0 Å². The van der Waals surface area contributed by atoms with Crippen LogP contribution in [0.3, 0.4) is 0 Å². The van der Waals surface area contributed by atoms with Gasteiger partial charge in [-0.3, -0.25) is 4.79 Å². The Morgan fingerprint density at radius 1 is 1.26 bits per heavy atom. The molecule has 0 saturated heterocycles. The SMILES string of the molecule is CCCC(=O)N(C)Cc1ccc(/C=C/C(=O)O)cc1. The molecule has 0 aromatic heterocycles. The van der Waals surface area contributed by atoms with Crippen molar-refractivity contribution in [3.05, 3.63) is 41.5 Å². The van der Waals surface area contributed by atoms with E-state index >= 15 is 0 Å². The molecule has 0 radical (unpaired) electrons. The Morgan fingerprint density at radius 3 is 2.42 bits per heavy atom. The summed E-state index contributed by atoms with van der Waals surface area (Å²) in [5.74, 6) is -0.827. The van der Waals surface area contributed by atoms with Gasteiger partial charge in [0.2, 0.25) is 5.91 Å². The van der Waals surface area contributed by atoms with Crippen LogP contribution in [0.4, 0.5) is 0 Å². The molecule has 1 aromatic carbocycles. The Morgan fingerprint density at radius 2 is 1.89 bits per heavy atom. The van der Waals surface area contributed by atoms with Crippen LogP contribution in [0.2, 0.25) is 0 Å². The number of hydrogen-bond acceptors (Lipinski definition) is 2. The van der Waals surface area contributed by atoms with Gasteiger partial charge in [0.1, 0.15) is 0 Å². The summed E-state index contributed by atoms with van der Waals surface area (Å²) in [6, 6.07) is 7.48. The van der Waals surface area contributed by atoms with E-state index in [2.05, 4.69) is 0 Å². The van der Waals surface area contributed by atoms with E-state index in [9.17, 15) is 9.59 Å². The van der Waals surface area contributed by atoms with Gasteiger partial charge in [0.15, 0.2) is 0 Å². The summed E-state index contributed by atoms with van der Waals surface area (Å²) < 4.78 is 0. The summed E-state index contributed by atoms with van der Waals surface area (Å²) in [5.41, 5.74) is 1.85. The van der Waals surface area contributed by atoms with Crippen molar-refractivity contribution in [2.24, 2.45) is 0 Å². The number of carboxylic acids is 1. The number of benzene rings is 1. The highest BCUT2D eigenvalue weighted by Crippen LogP contribution is 2.09. The lowest BCUT2D eigenvalue weighted by Crippen LogP contribution is -2.25. The zero-order chi connectivity index (χ0) is 14.3. The van der Waals surface area contributed by atoms with Crippen molar-refractivity contribution in [2.45, 2.75) is 26.3 Å². The van der Waals surface area contributed by atoms with Crippen LogP contribution in [-0.2, 0) is 16.1 Å². The maximum Gasteiger partial charge on any atom is 0.328 e. The first-order valence-electron chi connectivity index (χ1n) is 6.27. The topological polar surface area (TPSA) is 57.6 Å². The molecule has 0 atom stereocenters. The maximum absolute atomic E-state index is 11.6. The van der Waals surface area contributed by atoms with Gasteiger partial charge in [-0.05, 0) is 23.6 Å². The number of carboxylic acid groups (broad SMARTS) is 1. The molecule has 0 aliphatic heterocycles. The second-order valence-electron chi connectivity index (χ2n) is 4.41. The average Bonchev–Trinajstić information content (AvgIpc) is 2.38. The Bertz CT molecular complexity index is 463. The molecule has 1 rings (SSSR count). The molecule has 0 aliphatic carbocycles. The minimum absolute atomic E-state index is 0.136. The normalized spacial score (nSPS) is 10.6. The van der Waals surface area contributed by atoms with Crippen molar-refractivity contribution in [1.82, 2.24) is 4.90 Å². The summed E-state index contributed by atoms with van der Waals surface area (Å²) in [6.45, 7) is 2.55. The number of nitrogens with zero attached hydrogens (tertiary/aromatic N) is 1. The van der Waals surface area contributed by atoms with Crippen molar-refractivity contribution in [2.75, 3.05) is 7.05 Å². The standard InChI is InChI=1S/C15H19NO3/c1-3-4-14(17)16(2)11-13-7-5-12(6-8-13)9-10-15(18)19/h5-10H,3-4,11H2,1-2H3,(H,18,19)/b10-9+. The quantitative estimate of drug-likeness (QED) is 0.801. The fourth-order valence-electron chi connectivity index (χ4n) is 1.67. The molecule has 0 saturated carbocycles. The minimum Gasteiger partial charge on any atom is -0.478 e. The highest BCUT2D eigenvalue weighted by molar-refractivity contribution is 5.85. The zero-order valence-corrected chi connectivity index (χ0v) is 11.3. The minimum atomic E-state index is -0.964. The fourth-order valence-corrected chi connectivity index (χ4v) is 1.67. The highest BCUT2D eigenvalue weighted by atomic mass is 16.4. The molecule has 19 heavy (non-hydrogen) atoms. The summed E-state index contributed by atoms with van der Waals surface area (Å²) in [4.78, 5) is 23.7. The molecule has 1 amide bonds. The number of amides is 1. The predicted molar refractivity (Wildman–Crippen MR) is 74.5 cm³/mol. The van der Waals surface area contributed by atoms with Gasteiger partial charge in [0, 0.05) is 26.1 Å². The lowest BCUT2D eigenvalue weighted by atomic mass is 10.1. The van der Waals surface area contributed by atoms with Gasteiger partial charge in [-0.15, -0.1) is 0 Å². The molecule has 0 unspecified atom stereocenters. The Hall–Kier alpha value is -2.10. The van der Waals surface area contributed by atoms with Gasteiger partial charge in [-0.25, -0.2) is 4.79 Å². The van der Waals surface area contributed by atoms with Gasteiger partial charge in [0.25, 0.3) is 0 Å². The molecule has 0 fully saturated rings. The molecule has 1 N–H and O–H groups in total. The lowest BCUT2D eigenvalue weighted by Gasteiger charge is -2.16. The first kappa shape index (κ1) is 15.0. The molecule has 0 spiro atoms. The molecule has 0 bridgehead atoms. The van der Waals surface area contributed by atoms with Gasteiger partial charge in [-0.1, -0.05) is 31.2 Å². The first-order valence-corrected chi connectivity index (χ1v) is 6.27. The van der Waals surface area contributed by atoms with E-state index in [-0.39, 0.29) is 5.91 Å². The lowest BCUT2D eigenvalue weighted by molar-refractivity contribution is -0.131. The van der Waals surface area contributed by atoms with Gasteiger partial charge in [-0.2, -0.15) is 0 Å². The van der Waals surface area contributed by atoms with E-state index < -0.39 is 5.97 Å². The smallest absolute Gasteiger partial charge is 0.328 e. The van der Waals surface area contributed by atoms with Crippen molar-refractivity contribution in [3.63, 3.8) is 0 Å². The molecule has 0 aliphatic rings. The van der Waals surface area contributed by atoms with Crippen molar-refractivity contribution in [1.29, 1.82) is 0 Å². The molecule has 4 heteroatoms. The van der Waals surface area contributed by atoms with Crippen molar-refractivity contribution < 1.29 is 14.7 Å². The first-order chi connectivity index (χ1) is 9.02. The summed E-state index contributed by atoms with van der Waals surface area (Å²) in [5, 5.41) is 8.53. The van der Waals surface area contributed by atoms with E-state index in [1.807, 2.05) is 31.2 Å². The molecule has 102 valence electrons. The third-order valence-electron chi connectivity index (χ3n) is 2.71. The molecule has 4 nitrogen and oxygen atoms in total. The largest absolute Gasteiger partial charge is 0.478 e. The van der Waals surface area contributed by atoms with E-state index in [1.54, 1.807) is 11.9 Å². The van der Waals surface area contributed by atoms with E-state index in [0.29, 0.717) is 13.0 Å². The number of carbonyl (C=O) groups is 2. The van der Waals surface area contributed by atoms with Crippen LogP contribution < -0.4 is 0 Å². The number of rotatable bonds is 6.